The molecule has 0 aliphatic rings. The van der Waals surface area contributed by atoms with Crippen molar-refractivity contribution in [1.29, 1.82) is 0 Å². The van der Waals surface area contributed by atoms with Crippen LogP contribution in [-0.4, -0.2) is 5.11 Å². The maximum atomic E-state index is 10.4. The van der Waals surface area contributed by atoms with Crippen LogP contribution in [0.25, 0.3) is 0 Å². The third kappa shape index (κ3) is 3.23. The number of hydrogen-bond acceptors (Lipinski definition) is 1. The standard InChI is InChI=1S/C18H21ClO/c1-11-5-6-15(7-12(11)2)10-18(20)16-8-13(3)14(4)9-17(16)19/h5-9,18,20H,10H2,1-4H3. The van der Waals surface area contributed by atoms with Gasteiger partial charge >= 0.3 is 0 Å². The van der Waals surface area contributed by atoms with Gasteiger partial charge in [0.1, 0.15) is 0 Å². The van der Waals surface area contributed by atoms with Gasteiger partial charge in [-0.25, -0.2) is 0 Å². The van der Waals surface area contributed by atoms with Crippen molar-refractivity contribution in [2.45, 2.75) is 40.2 Å². The van der Waals surface area contributed by atoms with Crippen LogP contribution in [0, 0.1) is 27.7 Å². The lowest BCUT2D eigenvalue weighted by Crippen LogP contribution is -2.04. The van der Waals surface area contributed by atoms with Gasteiger partial charge in [-0.2, -0.15) is 0 Å². The van der Waals surface area contributed by atoms with Crippen LogP contribution in [0.2, 0.25) is 5.02 Å². The first-order chi connectivity index (χ1) is 9.38. The van der Waals surface area contributed by atoms with Crippen molar-refractivity contribution in [2.75, 3.05) is 0 Å². The summed E-state index contributed by atoms with van der Waals surface area (Å²) in [5, 5.41) is 11.1. The zero-order valence-electron chi connectivity index (χ0n) is 12.5. The van der Waals surface area contributed by atoms with Crippen LogP contribution in [0.4, 0.5) is 0 Å². The predicted molar refractivity (Wildman–Crippen MR) is 85.5 cm³/mol. The molecule has 0 spiro atoms. The fraction of sp³-hybridized carbons (Fsp3) is 0.333. The Morgan fingerprint density at radius 1 is 0.900 bits per heavy atom. The Balaban J connectivity index is 2.25. The van der Waals surface area contributed by atoms with E-state index in [-0.39, 0.29) is 0 Å². The van der Waals surface area contributed by atoms with E-state index in [0.29, 0.717) is 11.4 Å². The Bertz CT molecular complexity index is 632. The van der Waals surface area contributed by atoms with Gasteiger partial charge in [0.05, 0.1) is 6.10 Å². The van der Waals surface area contributed by atoms with E-state index in [1.807, 2.05) is 26.0 Å². The summed E-state index contributed by atoms with van der Waals surface area (Å²) in [6.45, 7) is 8.25. The topological polar surface area (TPSA) is 20.2 Å². The molecule has 106 valence electrons. The van der Waals surface area contributed by atoms with E-state index in [2.05, 4.69) is 32.0 Å². The van der Waals surface area contributed by atoms with Crippen molar-refractivity contribution < 1.29 is 5.11 Å². The number of hydrogen-bond donors (Lipinski definition) is 1. The largest absolute Gasteiger partial charge is 0.388 e. The Kier molecular flexibility index (Phi) is 4.52. The fourth-order valence-corrected chi connectivity index (χ4v) is 2.67. The minimum absolute atomic E-state index is 0.566. The molecule has 0 fully saturated rings. The van der Waals surface area contributed by atoms with Crippen LogP contribution in [0.1, 0.15) is 39.5 Å². The van der Waals surface area contributed by atoms with Gasteiger partial charge in [-0.05, 0) is 67.1 Å². The Labute approximate surface area is 126 Å². The summed E-state index contributed by atoms with van der Waals surface area (Å²) in [4.78, 5) is 0. The lowest BCUT2D eigenvalue weighted by Gasteiger charge is -2.15. The number of aliphatic hydroxyl groups excluding tert-OH is 1. The molecule has 0 saturated heterocycles. The van der Waals surface area contributed by atoms with Gasteiger partial charge in [0.25, 0.3) is 0 Å². The van der Waals surface area contributed by atoms with E-state index in [1.54, 1.807) is 0 Å². The normalized spacial score (nSPS) is 12.5. The van der Waals surface area contributed by atoms with Gasteiger partial charge in [0, 0.05) is 11.4 Å². The smallest absolute Gasteiger partial charge is 0.0844 e. The molecule has 0 aliphatic carbocycles. The summed E-state index contributed by atoms with van der Waals surface area (Å²) >= 11 is 6.26. The number of aliphatic hydroxyl groups is 1. The van der Waals surface area contributed by atoms with Gasteiger partial charge in [-0.3, -0.25) is 0 Å². The highest BCUT2D eigenvalue weighted by molar-refractivity contribution is 6.31. The summed E-state index contributed by atoms with van der Waals surface area (Å²) in [5.74, 6) is 0. The lowest BCUT2D eigenvalue weighted by atomic mass is 9.96. The molecule has 0 radical (unpaired) electrons. The second-order valence-electron chi connectivity index (χ2n) is 5.60. The van der Waals surface area contributed by atoms with Crippen LogP contribution in [0.3, 0.4) is 0 Å². The van der Waals surface area contributed by atoms with E-state index >= 15 is 0 Å². The van der Waals surface area contributed by atoms with Gasteiger partial charge in [-0.15, -0.1) is 0 Å². The van der Waals surface area contributed by atoms with E-state index in [9.17, 15) is 5.11 Å². The van der Waals surface area contributed by atoms with Crippen LogP contribution >= 0.6 is 11.6 Å². The zero-order valence-corrected chi connectivity index (χ0v) is 13.3. The van der Waals surface area contributed by atoms with Crippen LogP contribution in [0.5, 0.6) is 0 Å². The minimum Gasteiger partial charge on any atom is -0.388 e. The molecule has 0 aliphatic heterocycles. The fourth-order valence-electron chi connectivity index (χ4n) is 2.32. The van der Waals surface area contributed by atoms with E-state index < -0.39 is 6.10 Å². The molecule has 2 rings (SSSR count). The van der Waals surface area contributed by atoms with Crippen molar-refractivity contribution in [3.8, 4) is 0 Å². The number of halogens is 1. The molecule has 1 unspecified atom stereocenters. The molecule has 0 heterocycles. The molecule has 1 nitrogen and oxygen atoms in total. The van der Waals surface area contributed by atoms with Crippen LogP contribution in [-0.2, 0) is 6.42 Å². The average molecular weight is 289 g/mol. The maximum absolute atomic E-state index is 10.4. The molecule has 0 amide bonds. The molecule has 0 bridgehead atoms. The van der Waals surface area contributed by atoms with Gasteiger partial charge < -0.3 is 5.11 Å². The van der Waals surface area contributed by atoms with Gasteiger partial charge in [-0.1, -0.05) is 35.9 Å². The number of benzene rings is 2. The molecular weight excluding hydrogens is 268 g/mol. The average Bonchev–Trinajstić information content (AvgIpc) is 2.38. The molecule has 2 heteroatoms. The summed E-state index contributed by atoms with van der Waals surface area (Å²) < 4.78 is 0. The number of rotatable bonds is 3. The van der Waals surface area contributed by atoms with Crippen molar-refractivity contribution in [3.63, 3.8) is 0 Å². The Morgan fingerprint density at radius 3 is 2.15 bits per heavy atom. The first-order valence-electron chi connectivity index (χ1n) is 6.89. The molecule has 20 heavy (non-hydrogen) atoms. The highest BCUT2D eigenvalue weighted by Gasteiger charge is 2.14. The highest BCUT2D eigenvalue weighted by Crippen LogP contribution is 2.29. The zero-order chi connectivity index (χ0) is 14.9. The summed E-state index contributed by atoms with van der Waals surface area (Å²) in [5.41, 5.74) is 6.77. The summed E-state index contributed by atoms with van der Waals surface area (Å²) in [6, 6.07) is 10.2. The third-order valence-corrected chi connectivity index (χ3v) is 4.30. The highest BCUT2D eigenvalue weighted by atomic mass is 35.5. The molecule has 2 aromatic carbocycles. The first-order valence-corrected chi connectivity index (χ1v) is 7.27. The number of aryl methyl sites for hydroxylation is 4. The SMILES string of the molecule is Cc1ccc(CC(O)c2cc(C)c(C)cc2Cl)cc1C. The third-order valence-electron chi connectivity index (χ3n) is 3.97. The van der Waals surface area contributed by atoms with Crippen molar-refractivity contribution in [1.82, 2.24) is 0 Å². The van der Waals surface area contributed by atoms with E-state index in [0.717, 1.165) is 22.3 Å². The molecule has 1 atom stereocenters. The Morgan fingerprint density at radius 2 is 1.50 bits per heavy atom. The van der Waals surface area contributed by atoms with Crippen molar-refractivity contribution in [2.24, 2.45) is 0 Å². The van der Waals surface area contributed by atoms with Crippen molar-refractivity contribution >= 4 is 11.6 Å². The molecule has 0 saturated carbocycles. The molecule has 0 aromatic heterocycles. The van der Waals surface area contributed by atoms with E-state index in [1.165, 1.54) is 11.1 Å². The van der Waals surface area contributed by atoms with Crippen LogP contribution in [0.15, 0.2) is 30.3 Å². The monoisotopic (exact) mass is 288 g/mol. The van der Waals surface area contributed by atoms with Gasteiger partial charge in [0.2, 0.25) is 0 Å². The Hall–Kier alpha value is -1.31. The van der Waals surface area contributed by atoms with Crippen molar-refractivity contribution in [3.05, 3.63) is 68.7 Å². The molecule has 1 N–H and O–H groups in total. The minimum atomic E-state index is -0.566. The summed E-state index contributed by atoms with van der Waals surface area (Å²) in [7, 11) is 0. The maximum Gasteiger partial charge on any atom is 0.0844 e. The second-order valence-corrected chi connectivity index (χ2v) is 6.00. The van der Waals surface area contributed by atoms with Crippen LogP contribution < -0.4 is 0 Å². The summed E-state index contributed by atoms with van der Waals surface area (Å²) in [6.07, 6.45) is 0.0208. The predicted octanol–water partition coefficient (Wildman–Crippen LogP) is 4.85. The quantitative estimate of drug-likeness (QED) is 0.856. The van der Waals surface area contributed by atoms with Gasteiger partial charge in [0.15, 0.2) is 0 Å². The first kappa shape index (κ1) is 15.1. The molecule has 2 aromatic rings. The van der Waals surface area contributed by atoms with E-state index in [4.69, 9.17) is 11.6 Å². The lowest BCUT2D eigenvalue weighted by molar-refractivity contribution is 0.178. The second kappa shape index (κ2) is 5.99. The molecular formula is C18H21ClO.